The predicted octanol–water partition coefficient (Wildman–Crippen LogP) is 5.17. The first-order valence-corrected chi connectivity index (χ1v) is 11.3. The lowest BCUT2D eigenvalue weighted by molar-refractivity contribution is 0.185. The molecule has 1 aliphatic heterocycles. The van der Waals surface area contributed by atoms with Gasteiger partial charge in [0.1, 0.15) is 0 Å². The van der Waals surface area contributed by atoms with Crippen molar-refractivity contribution in [1.82, 2.24) is 9.80 Å². The summed E-state index contributed by atoms with van der Waals surface area (Å²) in [5.41, 5.74) is 3.24. The van der Waals surface area contributed by atoms with Gasteiger partial charge in [-0.25, -0.2) is 4.79 Å². The van der Waals surface area contributed by atoms with E-state index in [0.717, 1.165) is 37.4 Å². The Morgan fingerprint density at radius 1 is 1.00 bits per heavy atom. The fourth-order valence-corrected chi connectivity index (χ4v) is 4.73. The monoisotopic (exact) mass is 406 g/mol. The third-order valence-electron chi connectivity index (χ3n) is 6.50. The second-order valence-corrected chi connectivity index (χ2v) is 8.74. The van der Waals surface area contributed by atoms with Crippen molar-refractivity contribution < 1.29 is 4.79 Å². The zero-order chi connectivity index (χ0) is 20.8. The van der Waals surface area contributed by atoms with Gasteiger partial charge in [0.2, 0.25) is 0 Å². The van der Waals surface area contributed by atoms with Crippen molar-refractivity contribution in [2.45, 2.75) is 57.2 Å². The number of hydrogen-bond acceptors (Lipinski definition) is 3. The molecular weight excluding hydrogens is 372 g/mol. The molecular formula is C25H34N4O. The smallest absolute Gasteiger partial charge is 0.321 e. The normalized spacial score (nSPS) is 19.8. The highest BCUT2D eigenvalue weighted by Crippen LogP contribution is 2.25. The number of rotatable bonds is 6. The van der Waals surface area contributed by atoms with Crippen LogP contribution in [0.5, 0.6) is 0 Å². The maximum absolute atomic E-state index is 12.9. The van der Waals surface area contributed by atoms with Gasteiger partial charge in [-0.05, 0) is 50.1 Å². The van der Waals surface area contributed by atoms with E-state index in [4.69, 9.17) is 0 Å². The number of para-hydroxylation sites is 2. The van der Waals surface area contributed by atoms with E-state index in [1.54, 1.807) is 0 Å². The van der Waals surface area contributed by atoms with Crippen LogP contribution in [0.25, 0.3) is 0 Å². The van der Waals surface area contributed by atoms with Gasteiger partial charge in [0.15, 0.2) is 0 Å². The van der Waals surface area contributed by atoms with Crippen LogP contribution in [0.1, 0.15) is 44.1 Å². The number of carbonyl (C=O) groups is 1. The molecule has 1 atom stereocenters. The lowest BCUT2D eigenvalue weighted by Gasteiger charge is -2.31. The minimum absolute atomic E-state index is 0.000121. The molecule has 2 aromatic rings. The maximum atomic E-state index is 12.9. The highest BCUT2D eigenvalue weighted by molar-refractivity contribution is 5.90. The second-order valence-electron chi connectivity index (χ2n) is 8.74. The van der Waals surface area contributed by atoms with Crippen LogP contribution in [0.3, 0.4) is 0 Å². The van der Waals surface area contributed by atoms with Gasteiger partial charge in [0.05, 0.1) is 0 Å². The first kappa shape index (κ1) is 20.7. The van der Waals surface area contributed by atoms with E-state index in [2.05, 4.69) is 46.8 Å². The van der Waals surface area contributed by atoms with Gasteiger partial charge in [0, 0.05) is 43.1 Å². The van der Waals surface area contributed by atoms with Crippen molar-refractivity contribution in [1.29, 1.82) is 0 Å². The Morgan fingerprint density at radius 2 is 1.73 bits per heavy atom. The van der Waals surface area contributed by atoms with Crippen molar-refractivity contribution in [3.8, 4) is 0 Å². The van der Waals surface area contributed by atoms with Crippen molar-refractivity contribution in [2.75, 3.05) is 30.8 Å². The number of nitrogens with zero attached hydrogens (tertiary/aromatic N) is 2. The Bertz CT molecular complexity index is 819. The van der Waals surface area contributed by atoms with Crippen molar-refractivity contribution in [2.24, 2.45) is 0 Å². The van der Waals surface area contributed by atoms with Crippen LogP contribution in [0.4, 0.5) is 16.2 Å². The van der Waals surface area contributed by atoms with Crippen molar-refractivity contribution >= 4 is 17.4 Å². The van der Waals surface area contributed by atoms with E-state index in [-0.39, 0.29) is 6.03 Å². The number of anilines is 2. The van der Waals surface area contributed by atoms with Crippen LogP contribution in [0, 0.1) is 0 Å². The molecule has 0 spiro atoms. The minimum atomic E-state index is 0.000121. The summed E-state index contributed by atoms with van der Waals surface area (Å²) in [5.74, 6) is 0. The number of amides is 2. The fraction of sp³-hybridized carbons (Fsp3) is 0.480. The Labute approximate surface area is 180 Å². The van der Waals surface area contributed by atoms with Crippen LogP contribution in [0.2, 0.25) is 0 Å². The molecule has 1 heterocycles. The number of likely N-dealkylation sites (tertiary alicyclic amines) is 1. The van der Waals surface area contributed by atoms with Gasteiger partial charge < -0.3 is 15.5 Å². The van der Waals surface area contributed by atoms with Gasteiger partial charge >= 0.3 is 6.03 Å². The largest absolute Gasteiger partial charge is 0.380 e. The topological polar surface area (TPSA) is 47.6 Å². The number of hydrogen-bond donors (Lipinski definition) is 2. The van der Waals surface area contributed by atoms with Crippen LogP contribution in [-0.2, 0) is 6.54 Å². The Kier molecular flexibility index (Phi) is 6.90. The molecule has 2 aromatic carbocycles. The maximum Gasteiger partial charge on any atom is 0.321 e. The van der Waals surface area contributed by atoms with Crippen molar-refractivity contribution in [3.63, 3.8) is 0 Å². The molecule has 160 valence electrons. The van der Waals surface area contributed by atoms with Gasteiger partial charge in [-0.15, -0.1) is 0 Å². The molecule has 2 aliphatic rings. The van der Waals surface area contributed by atoms with Crippen LogP contribution >= 0.6 is 0 Å². The van der Waals surface area contributed by atoms with Crippen molar-refractivity contribution in [3.05, 3.63) is 60.2 Å². The molecule has 4 rings (SSSR count). The summed E-state index contributed by atoms with van der Waals surface area (Å²) in [7, 11) is 2.22. The zero-order valence-corrected chi connectivity index (χ0v) is 18.0. The highest BCUT2D eigenvalue weighted by atomic mass is 16.2. The van der Waals surface area contributed by atoms with E-state index in [1.165, 1.54) is 37.7 Å². The summed E-state index contributed by atoms with van der Waals surface area (Å²) < 4.78 is 0. The second kappa shape index (κ2) is 9.98. The fourth-order valence-electron chi connectivity index (χ4n) is 4.73. The zero-order valence-electron chi connectivity index (χ0n) is 18.0. The molecule has 0 radical (unpaired) electrons. The molecule has 0 bridgehead atoms. The highest BCUT2D eigenvalue weighted by Gasteiger charge is 2.27. The molecule has 30 heavy (non-hydrogen) atoms. The molecule has 2 amide bonds. The van der Waals surface area contributed by atoms with Gasteiger partial charge in [-0.2, -0.15) is 0 Å². The quantitative estimate of drug-likeness (QED) is 0.696. The van der Waals surface area contributed by atoms with Crippen LogP contribution in [0.15, 0.2) is 54.6 Å². The number of carbonyl (C=O) groups excluding carboxylic acids is 1. The summed E-state index contributed by atoms with van der Waals surface area (Å²) >= 11 is 0. The number of nitrogens with one attached hydrogen (secondary N) is 2. The summed E-state index contributed by atoms with van der Waals surface area (Å²) in [6, 6.07) is 19.4. The summed E-state index contributed by atoms with van der Waals surface area (Å²) in [6.07, 6.45) is 7.58. The Balaban J connectivity index is 1.33. The van der Waals surface area contributed by atoms with E-state index >= 15 is 0 Å². The summed E-state index contributed by atoms with van der Waals surface area (Å²) in [5, 5.41) is 6.71. The third-order valence-corrected chi connectivity index (χ3v) is 6.50. The lowest BCUT2D eigenvalue weighted by atomic mass is 9.94. The molecule has 1 saturated heterocycles. The van der Waals surface area contributed by atoms with Gasteiger partial charge in [0.25, 0.3) is 0 Å². The lowest BCUT2D eigenvalue weighted by Crippen LogP contribution is -2.36. The first-order valence-electron chi connectivity index (χ1n) is 11.3. The molecule has 5 heteroatoms. The molecule has 1 unspecified atom stereocenters. The predicted molar refractivity (Wildman–Crippen MR) is 124 cm³/mol. The average molecular weight is 407 g/mol. The minimum Gasteiger partial charge on any atom is -0.380 e. The SMILES string of the molecule is CN(Cc1ccccc1NC(=O)N1CCC(Nc2ccccc2)C1)C1CCCCC1. The molecule has 1 aliphatic carbocycles. The van der Waals surface area contributed by atoms with E-state index in [9.17, 15) is 4.79 Å². The third kappa shape index (κ3) is 5.33. The Morgan fingerprint density at radius 3 is 2.53 bits per heavy atom. The molecule has 2 fully saturated rings. The van der Waals surface area contributed by atoms with E-state index in [0.29, 0.717) is 12.1 Å². The molecule has 1 saturated carbocycles. The van der Waals surface area contributed by atoms with Gasteiger partial charge in [-0.1, -0.05) is 55.7 Å². The summed E-state index contributed by atoms with van der Waals surface area (Å²) in [6.45, 7) is 2.38. The Hall–Kier alpha value is -2.53. The first-order chi connectivity index (χ1) is 14.7. The van der Waals surface area contributed by atoms with Gasteiger partial charge in [-0.3, -0.25) is 4.90 Å². The van der Waals surface area contributed by atoms with E-state index < -0.39 is 0 Å². The van der Waals surface area contributed by atoms with Crippen LogP contribution < -0.4 is 10.6 Å². The average Bonchev–Trinajstić information content (AvgIpc) is 3.25. The standard InChI is InChI=1S/C25H34N4O/c1-28(23-13-6-3-7-14-23)18-20-10-8-9-15-24(20)27-25(30)29-17-16-22(19-29)26-21-11-4-2-5-12-21/h2,4-5,8-12,15,22-23,26H,3,6-7,13-14,16-19H2,1H3,(H,27,30). The van der Waals surface area contributed by atoms with E-state index in [1.807, 2.05) is 35.2 Å². The molecule has 0 aromatic heterocycles. The van der Waals surface area contributed by atoms with Crippen LogP contribution in [-0.4, -0.2) is 48.1 Å². The number of benzene rings is 2. The molecule has 2 N–H and O–H groups in total. The summed E-state index contributed by atoms with van der Waals surface area (Å²) in [4.78, 5) is 17.3. The molecule has 5 nitrogen and oxygen atoms in total. The number of urea groups is 1.